The molecule has 4 rings (SSSR count). The third-order valence-electron chi connectivity index (χ3n) is 3.39. The van der Waals surface area contributed by atoms with E-state index >= 15 is 0 Å². The lowest BCUT2D eigenvalue weighted by Crippen LogP contribution is -1.88. The number of fused-ring (bicyclic) bond motifs is 2. The lowest BCUT2D eigenvalue weighted by Gasteiger charge is -2.05. The van der Waals surface area contributed by atoms with Crippen molar-refractivity contribution in [1.29, 1.82) is 0 Å². The zero-order valence-electron chi connectivity index (χ0n) is 10.4. The average molecular weight is 265 g/mol. The molecule has 0 unspecified atom stereocenters. The van der Waals surface area contributed by atoms with Crippen LogP contribution in [-0.2, 0) is 0 Å². The molecule has 0 bridgehead atoms. The molecule has 19 heavy (non-hydrogen) atoms. The van der Waals surface area contributed by atoms with Gasteiger partial charge >= 0.3 is 0 Å². The lowest BCUT2D eigenvalue weighted by molar-refractivity contribution is 0.934. The van der Waals surface area contributed by atoms with Gasteiger partial charge in [0.05, 0.1) is 10.6 Å². The van der Waals surface area contributed by atoms with E-state index in [1.807, 2.05) is 4.52 Å². The number of nitrogens with zero attached hydrogens (tertiary/aromatic N) is 3. The molecule has 0 saturated heterocycles. The molecule has 0 atom stereocenters. The van der Waals surface area contributed by atoms with E-state index in [-0.39, 0.29) is 0 Å². The fourth-order valence-electron chi connectivity index (χ4n) is 2.47. The molecule has 92 valence electrons. The highest BCUT2D eigenvalue weighted by Gasteiger charge is 2.13. The van der Waals surface area contributed by atoms with Gasteiger partial charge in [-0.15, -0.1) is 0 Å². The van der Waals surface area contributed by atoms with E-state index < -0.39 is 0 Å². The van der Waals surface area contributed by atoms with Gasteiger partial charge in [-0.05, 0) is 17.7 Å². The standard InChI is InChI=1S/C15H11N3S/c1-10-14(19-15-16-9-17-18(10)15)13-8-4-6-11-5-2-3-7-12(11)13/h2-9H,1H3. The van der Waals surface area contributed by atoms with Crippen LogP contribution in [0.25, 0.3) is 26.2 Å². The number of hydrogen-bond donors (Lipinski definition) is 0. The summed E-state index contributed by atoms with van der Waals surface area (Å²) in [6.07, 6.45) is 1.60. The first-order valence-corrected chi connectivity index (χ1v) is 6.93. The molecule has 4 aromatic rings. The quantitative estimate of drug-likeness (QED) is 0.522. The molecule has 0 fully saturated rings. The summed E-state index contributed by atoms with van der Waals surface area (Å²) >= 11 is 1.69. The first-order valence-electron chi connectivity index (χ1n) is 6.12. The van der Waals surface area contributed by atoms with Crippen molar-refractivity contribution in [1.82, 2.24) is 14.6 Å². The molecule has 0 spiro atoms. The maximum absolute atomic E-state index is 4.28. The molecular weight excluding hydrogens is 254 g/mol. The van der Waals surface area contributed by atoms with Crippen LogP contribution in [0, 0.1) is 6.92 Å². The van der Waals surface area contributed by atoms with Gasteiger partial charge in [-0.1, -0.05) is 53.8 Å². The molecule has 0 amide bonds. The topological polar surface area (TPSA) is 30.2 Å². The van der Waals surface area contributed by atoms with E-state index in [0.29, 0.717) is 0 Å². The largest absolute Gasteiger partial charge is 0.212 e. The van der Waals surface area contributed by atoms with Crippen LogP contribution in [0.4, 0.5) is 0 Å². The summed E-state index contributed by atoms with van der Waals surface area (Å²) in [6.45, 7) is 2.09. The predicted octanol–water partition coefficient (Wildman–Crippen LogP) is 3.92. The summed E-state index contributed by atoms with van der Waals surface area (Å²) in [5, 5.41) is 6.80. The van der Waals surface area contributed by atoms with Gasteiger partial charge in [0.2, 0.25) is 4.96 Å². The minimum atomic E-state index is 0.945. The fourth-order valence-corrected chi connectivity index (χ4v) is 3.54. The Morgan fingerprint density at radius 2 is 1.89 bits per heavy atom. The minimum absolute atomic E-state index is 0.945. The Kier molecular flexibility index (Phi) is 2.19. The third kappa shape index (κ3) is 1.50. The van der Waals surface area contributed by atoms with Crippen molar-refractivity contribution in [2.45, 2.75) is 6.92 Å². The smallest absolute Gasteiger partial charge is 0.208 e. The van der Waals surface area contributed by atoms with Crippen LogP contribution >= 0.6 is 11.3 Å². The predicted molar refractivity (Wildman–Crippen MR) is 78.5 cm³/mol. The van der Waals surface area contributed by atoms with Crippen molar-refractivity contribution in [2.24, 2.45) is 0 Å². The van der Waals surface area contributed by atoms with Gasteiger partial charge in [0.15, 0.2) is 0 Å². The monoisotopic (exact) mass is 265 g/mol. The summed E-state index contributed by atoms with van der Waals surface area (Å²) in [4.78, 5) is 6.46. The number of thiazole rings is 1. The molecule has 0 saturated carbocycles. The fraction of sp³-hybridized carbons (Fsp3) is 0.0667. The Hall–Kier alpha value is -2.20. The van der Waals surface area contributed by atoms with Crippen molar-refractivity contribution in [3.8, 4) is 10.4 Å². The van der Waals surface area contributed by atoms with Gasteiger partial charge in [-0.25, -0.2) is 9.50 Å². The Labute approximate surface area is 114 Å². The second-order valence-corrected chi connectivity index (χ2v) is 5.48. The summed E-state index contributed by atoms with van der Waals surface area (Å²) in [5.41, 5.74) is 2.40. The maximum Gasteiger partial charge on any atom is 0.212 e. The molecule has 0 N–H and O–H groups in total. The summed E-state index contributed by atoms with van der Waals surface area (Å²) in [5.74, 6) is 0. The third-order valence-corrected chi connectivity index (χ3v) is 4.57. The first-order chi connectivity index (χ1) is 9.34. The molecule has 0 aliphatic carbocycles. The van der Waals surface area contributed by atoms with Crippen molar-refractivity contribution in [3.63, 3.8) is 0 Å². The Morgan fingerprint density at radius 3 is 2.79 bits per heavy atom. The number of hydrogen-bond acceptors (Lipinski definition) is 3. The van der Waals surface area contributed by atoms with E-state index in [4.69, 9.17) is 0 Å². The summed E-state index contributed by atoms with van der Waals surface area (Å²) in [6, 6.07) is 14.9. The van der Waals surface area contributed by atoms with Gasteiger partial charge in [-0.3, -0.25) is 0 Å². The van der Waals surface area contributed by atoms with E-state index in [2.05, 4.69) is 59.5 Å². The van der Waals surface area contributed by atoms with Crippen LogP contribution in [-0.4, -0.2) is 14.6 Å². The second kappa shape index (κ2) is 3.90. The first kappa shape index (κ1) is 10.7. The van der Waals surface area contributed by atoms with Crippen molar-refractivity contribution in [3.05, 3.63) is 54.5 Å². The van der Waals surface area contributed by atoms with Gasteiger partial charge in [0, 0.05) is 5.56 Å². The molecule has 2 aromatic heterocycles. The van der Waals surface area contributed by atoms with Gasteiger partial charge < -0.3 is 0 Å². The Morgan fingerprint density at radius 1 is 1.05 bits per heavy atom. The van der Waals surface area contributed by atoms with Crippen LogP contribution in [0.3, 0.4) is 0 Å². The molecule has 0 radical (unpaired) electrons. The highest BCUT2D eigenvalue weighted by molar-refractivity contribution is 7.20. The molecular formula is C15H11N3S. The highest BCUT2D eigenvalue weighted by atomic mass is 32.1. The Bertz CT molecular complexity index is 883. The summed E-state index contributed by atoms with van der Waals surface area (Å²) in [7, 11) is 0. The van der Waals surface area contributed by atoms with Crippen LogP contribution in [0.15, 0.2) is 48.8 Å². The number of aryl methyl sites for hydroxylation is 1. The van der Waals surface area contributed by atoms with Crippen LogP contribution < -0.4 is 0 Å². The van der Waals surface area contributed by atoms with Crippen LogP contribution in [0.2, 0.25) is 0 Å². The second-order valence-electron chi connectivity index (χ2n) is 4.50. The van der Waals surface area contributed by atoms with Gasteiger partial charge in [0.1, 0.15) is 6.33 Å². The molecule has 3 nitrogen and oxygen atoms in total. The van der Waals surface area contributed by atoms with Gasteiger partial charge in [-0.2, -0.15) is 5.10 Å². The molecule has 2 heterocycles. The van der Waals surface area contributed by atoms with Crippen LogP contribution in [0.5, 0.6) is 0 Å². The van der Waals surface area contributed by atoms with E-state index in [9.17, 15) is 0 Å². The maximum atomic E-state index is 4.28. The number of aromatic nitrogens is 3. The van der Waals surface area contributed by atoms with Crippen molar-refractivity contribution < 1.29 is 0 Å². The van der Waals surface area contributed by atoms with E-state index in [0.717, 1.165) is 10.7 Å². The molecule has 2 aromatic carbocycles. The van der Waals surface area contributed by atoms with E-state index in [1.54, 1.807) is 17.7 Å². The molecule has 0 aliphatic heterocycles. The minimum Gasteiger partial charge on any atom is -0.208 e. The average Bonchev–Trinajstić information content (AvgIpc) is 3.02. The zero-order valence-corrected chi connectivity index (χ0v) is 11.2. The zero-order chi connectivity index (χ0) is 12.8. The van der Waals surface area contributed by atoms with Crippen molar-refractivity contribution >= 4 is 27.1 Å². The molecule has 0 aliphatic rings. The summed E-state index contributed by atoms with van der Waals surface area (Å²) < 4.78 is 1.90. The number of benzene rings is 2. The molecule has 4 heteroatoms. The normalized spacial score (nSPS) is 11.4. The van der Waals surface area contributed by atoms with E-state index in [1.165, 1.54) is 21.2 Å². The highest BCUT2D eigenvalue weighted by Crippen LogP contribution is 2.35. The number of rotatable bonds is 1. The SMILES string of the molecule is Cc1c(-c2cccc3ccccc23)sc2ncnn12. The lowest BCUT2D eigenvalue weighted by atomic mass is 10.0. The van der Waals surface area contributed by atoms with Crippen LogP contribution in [0.1, 0.15) is 5.69 Å². The van der Waals surface area contributed by atoms with Crippen molar-refractivity contribution in [2.75, 3.05) is 0 Å². The van der Waals surface area contributed by atoms with Gasteiger partial charge in [0.25, 0.3) is 0 Å². The Balaban J connectivity index is 2.09.